The third-order valence-corrected chi connectivity index (χ3v) is 3.64. The number of benzene rings is 2. The second kappa shape index (κ2) is 8.50. The van der Waals surface area contributed by atoms with Crippen molar-refractivity contribution < 1.29 is 9.53 Å². The molecule has 23 heavy (non-hydrogen) atoms. The number of carbonyl (C=O) groups excluding carboxylic acids is 1. The molecule has 0 amide bonds. The standard InChI is InChI=1S/C17H17ClN2O2S/c1-2-22-16(21)12-7-5-8-14(10-12)20-17(23)19-11-13-6-3-4-9-15(13)18/h3-10H,2,11H2,1H3,(H2,19,20,23). The lowest BCUT2D eigenvalue weighted by Gasteiger charge is -2.12. The lowest BCUT2D eigenvalue weighted by atomic mass is 10.2. The molecule has 0 saturated heterocycles. The van der Waals surface area contributed by atoms with Gasteiger partial charge in [-0.1, -0.05) is 35.9 Å². The van der Waals surface area contributed by atoms with E-state index in [1.165, 1.54) is 0 Å². The van der Waals surface area contributed by atoms with Gasteiger partial charge in [0, 0.05) is 17.3 Å². The van der Waals surface area contributed by atoms with Crippen molar-refractivity contribution in [3.63, 3.8) is 0 Å². The molecule has 0 aliphatic rings. The lowest BCUT2D eigenvalue weighted by molar-refractivity contribution is 0.0526. The number of halogens is 1. The van der Waals surface area contributed by atoms with Crippen LogP contribution in [0.1, 0.15) is 22.8 Å². The van der Waals surface area contributed by atoms with Gasteiger partial charge in [0.2, 0.25) is 0 Å². The van der Waals surface area contributed by atoms with E-state index in [0.29, 0.717) is 34.5 Å². The highest BCUT2D eigenvalue weighted by molar-refractivity contribution is 7.80. The third kappa shape index (κ3) is 5.23. The van der Waals surface area contributed by atoms with Crippen LogP contribution in [0.25, 0.3) is 0 Å². The third-order valence-electron chi connectivity index (χ3n) is 3.03. The molecular weight excluding hydrogens is 332 g/mol. The molecule has 0 bridgehead atoms. The van der Waals surface area contributed by atoms with E-state index in [1.807, 2.05) is 30.3 Å². The fraction of sp³-hybridized carbons (Fsp3) is 0.176. The van der Waals surface area contributed by atoms with Crippen LogP contribution in [0.4, 0.5) is 5.69 Å². The first kappa shape index (κ1) is 17.2. The van der Waals surface area contributed by atoms with Gasteiger partial charge in [0.25, 0.3) is 0 Å². The van der Waals surface area contributed by atoms with E-state index < -0.39 is 0 Å². The van der Waals surface area contributed by atoms with Crippen LogP contribution in [0.15, 0.2) is 48.5 Å². The molecule has 0 radical (unpaired) electrons. The van der Waals surface area contributed by atoms with Crippen molar-refractivity contribution in [3.05, 3.63) is 64.7 Å². The number of ether oxygens (including phenoxy) is 1. The van der Waals surface area contributed by atoms with E-state index in [4.69, 9.17) is 28.6 Å². The summed E-state index contributed by atoms with van der Waals surface area (Å²) in [6, 6.07) is 14.5. The second-order valence-electron chi connectivity index (χ2n) is 4.70. The van der Waals surface area contributed by atoms with Gasteiger partial charge < -0.3 is 15.4 Å². The van der Waals surface area contributed by atoms with Crippen LogP contribution in [0.2, 0.25) is 5.02 Å². The van der Waals surface area contributed by atoms with Crippen LogP contribution in [-0.2, 0) is 11.3 Å². The van der Waals surface area contributed by atoms with Gasteiger partial charge in [-0.15, -0.1) is 0 Å². The van der Waals surface area contributed by atoms with Crippen LogP contribution in [0, 0.1) is 0 Å². The summed E-state index contributed by atoms with van der Waals surface area (Å²) in [5, 5.41) is 7.26. The van der Waals surface area contributed by atoms with Crippen molar-refractivity contribution in [1.29, 1.82) is 0 Å². The second-order valence-corrected chi connectivity index (χ2v) is 5.52. The Morgan fingerprint density at radius 2 is 2.00 bits per heavy atom. The number of nitrogens with one attached hydrogen (secondary N) is 2. The van der Waals surface area contributed by atoms with Crippen molar-refractivity contribution in [1.82, 2.24) is 5.32 Å². The van der Waals surface area contributed by atoms with E-state index in [0.717, 1.165) is 5.56 Å². The quantitative estimate of drug-likeness (QED) is 0.631. The Balaban J connectivity index is 1.94. The summed E-state index contributed by atoms with van der Waals surface area (Å²) in [6.07, 6.45) is 0. The first-order chi connectivity index (χ1) is 11.1. The molecule has 0 aromatic heterocycles. The Kier molecular flexibility index (Phi) is 6.38. The number of thiocarbonyl (C=S) groups is 1. The van der Waals surface area contributed by atoms with Crippen molar-refractivity contribution in [3.8, 4) is 0 Å². The average molecular weight is 349 g/mol. The topological polar surface area (TPSA) is 50.4 Å². The first-order valence-electron chi connectivity index (χ1n) is 7.15. The molecule has 2 aromatic rings. The summed E-state index contributed by atoms with van der Waals surface area (Å²) in [4.78, 5) is 11.7. The highest BCUT2D eigenvalue weighted by atomic mass is 35.5. The fourth-order valence-corrected chi connectivity index (χ4v) is 2.32. The number of carbonyl (C=O) groups is 1. The molecule has 0 heterocycles. The zero-order chi connectivity index (χ0) is 16.7. The van der Waals surface area contributed by atoms with Crippen LogP contribution >= 0.6 is 23.8 Å². The van der Waals surface area contributed by atoms with Crippen molar-refractivity contribution in [2.75, 3.05) is 11.9 Å². The predicted molar refractivity (Wildman–Crippen MR) is 96.9 cm³/mol. The largest absolute Gasteiger partial charge is 0.462 e. The minimum Gasteiger partial charge on any atom is -0.462 e. The Hall–Kier alpha value is -2.11. The number of esters is 1. The fourth-order valence-electron chi connectivity index (χ4n) is 1.93. The Morgan fingerprint density at radius 1 is 1.22 bits per heavy atom. The van der Waals surface area contributed by atoms with E-state index >= 15 is 0 Å². The van der Waals surface area contributed by atoms with Crippen LogP contribution in [0.5, 0.6) is 0 Å². The molecule has 2 N–H and O–H groups in total. The maximum Gasteiger partial charge on any atom is 0.338 e. The lowest BCUT2D eigenvalue weighted by Crippen LogP contribution is -2.28. The summed E-state index contributed by atoms with van der Waals surface area (Å²) in [5.41, 5.74) is 2.15. The Bertz CT molecular complexity index is 706. The number of rotatable bonds is 5. The summed E-state index contributed by atoms with van der Waals surface area (Å²) in [6.45, 7) is 2.63. The zero-order valence-corrected chi connectivity index (χ0v) is 14.2. The van der Waals surface area contributed by atoms with Crippen LogP contribution in [-0.4, -0.2) is 17.7 Å². The van der Waals surface area contributed by atoms with E-state index in [-0.39, 0.29) is 5.97 Å². The van der Waals surface area contributed by atoms with Crippen LogP contribution in [0.3, 0.4) is 0 Å². The van der Waals surface area contributed by atoms with Gasteiger partial charge in [-0.3, -0.25) is 0 Å². The highest BCUT2D eigenvalue weighted by Gasteiger charge is 2.07. The van der Waals surface area contributed by atoms with Gasteiger partial charge in [0.15, 0.2) is 5.11 Å². The SMILES string of the molecule is CCOC(=O)c1cccc(NC(=S)NCc2ccccc2Cl)c1. The zero-order valence-electron chi connectivity index (χ0n) is 12.6. The van der Waals surface area contributed by atoms with E-state index in [9.17, 15) is 4.79 Å². The molecule has 0 spiro atoms. The Morgan fingerprint density at radius 3 is 2.74 bits per heavy atom. The predicted octanol–water partition coefficient (Wildman–Crippen LogP) is 4.00. The number of hydrogen-bond donors (Lipinski definition) is 2. The van der Waals surface area contributed by atoms with Gasteiger partial charge in [0.05, 0.1) is 12.2 Å². The molecule has 0 unspecified atom stereocenters. The molecule has 2 aromatic carbocycles. The normalized spacial score (nSPS) is 10.0. The molecule has 0 saturated carbocycles. The summed E-state index contributed by atoms with van der Waals surface area (Å²) < 4.78 is 4.98. The van der Waals surface area contributed by atoms with Gasteiger partial charge in [0.1, 0.15) is 0 Å². The summed E-state index contributed by atoms with van der Waals surface area (Å²) in [5.74, 6) is -0.355. The Labute approximate surface area is 145 Å². The minimum atomic E-state index is -0.355. The molecule has 0 aliphatic heterocycles. The smallest absolute Gasteiger partial charge is 0.338 e. The molecule has 6 heteroatoms. The van der Waals surface area contributed by atoms with Crippen LogP contribution < -0.4 is 10.6 Å². The van der Waals surface area contributed by atoms with E-state index in [2.05, 4.69) is 10.6 Å². The maximum absolute atomic E-state index is 11.7. The van der Waals surface area contributed by atoms with Crippen molar-refractivity contribution >= 4 is 40.6 Å². The molecule has 0 atom stereocenters. The molecule has 2 rings (SSSR count). The van der Waals surface area contributed by atoms with Crippen molar-refractivity contribution in [2.45, 2.75) is 13.5 Å². The highest BCUT2D eigenvalue weighted by Crippen LogP contribution is 2.15. The van der Waals surface area contributed by atoms with E-state index in [1.54, 1.807) is 25.1 Å². The minimum absolute atomic E-state index is 0.342. The number of hydrogen-bond acceptors (Lipinski definition) is 3. The maximum atomic E-state index is 11.7. The summed E-state index contributed by atoms with van der Waals surface area (Å²) >= 11 is 11.4. The van der Waals surface area contributed by atoms with Gasteiger partial charge in [-0.25, -0.2) is 4.79 Å². The molecule has 0 fully saturated rings. The average Bonchev–Trinajstić information content (AvgIpc) is 2.54. The van der Waals surface area contributed by atoms with Gasteiger partial charge >= 0.3 is 5.97 Å². The monoisotopic (exact) mass is 348 g/mol. The molecule has 0 aliphatic carbocycles. The summed E-state index contributed by atoms with van der Waals surface area (Å²) in [7, 11) is 0. The number of anilines is 1. The van der Waals surface area contributed by atoms with Gasteiger partial charge in [-0.05, 0) is 49.0 Å². The van der Waals surface area contributed by atoms with Gasteiger partial charge in [-0.2, -0.15) is 0 Å². The van der Waals surface area contributed by atoms with Crippen molar-refractivity contribution in [2.24, 2.45) is 0 Å². The molecule has 120 valence electrons. The molecule has 4 nitrogen and oxygen atoms in total. The molecular formula is C17H17ClN2O2S. The first-order valence-corrected chi connectivity index (χ1v) is 7.94.